The van der Waals surface area contributed by atoms with Crippen LogP contribution in [-0.2, 0) is 0 Å². The summed E-state index contributed by atoms with van der Waals surface area (Å²) in [6, 6.07) is 7.96. The molecular weight excluding hydrogens is 288 g/mol. The first kappa shape index (κ1) is 12.9. The smallest absolute Gasteiger partial charge is 0.408 e. The number of aromatic amines is 1. The number of halogens is 3. The summed E-state index contributed by atoms with van der Waals surface area (Å²) in [5.41, 5.74) is 1.75. The summed E-state index contributed by atoms with van der Waals surface area (Å²) in [6.07, 6.45) is 0. The highest BCUT2D eigenvalue weighted by molar-refractivity contribution is 6.22. The van der Waals surface area contributed by atoms with Crippen LogP contribution in [0.3, 0.4) is 0 Å². The van der Waals surface area contributed by atoms with Gasteiger partial charge < -0.3 is 4.42 Å². The molecule has 102 valence electrons. The van der Waals surface area contributed by atoms with Crippen molar-refractivity contribution in [2.75, 3.05) is 0 Å². The van der Waals surface area contributed by atoms with Crippen LogP contribution in [0, 0.1) is 11.6 Å². The van der Waals surface area contributed by atoms with Gasteiger partial charge in [0.1, 0.15) is 11.6 Å². The molecule has 0 saturated heterocycles. The highest BCUT2D eigenvalue weighted by Gasteiger charge is 2.14. The van der Waals surface area contributed by atoms with Gasteiger partial charge in [0, 0.05) is 6.07 Å². The summed E-state index contributed by atoms with van der Waals surface area (Å²) in [5.74, 6) is -1.96. The van der Waals surface area contributed by atoms with Crippen molar-refractivity contribution < 1.29 is 13.2 Å². The van der Waals surface area contributed by atoms with E-state index in [1.807, 2.05) is 0 Å². The van der Waals surface area contributed by atoms with E-state index in [1.54, 1.807) is 18.2 Å². The largest absolute Gasteiger partial charge is 0.417 e. The van der Waals surface area contributed by atoms with E-state index in [-0.39, 0.29) is 0 Å². The van der Waals surface area contributed by atoms with Gasteiger partial charge in [0.2, 0.25) is 0 Å². The third-order valence-electron chi connectivity index (χ3n) is 2.92. The number of benzene rings is 2. The van der Waals surface area contributed by atoms with E-state index in [4.69, 9.17) is 16.0 Å². The minimum Gasteiger partial charge on any atom is -0.408 e. The summed E-state index contributed by atoms with van der Waals surface area (Å²) in [4.78, 5) is 13.6. The third-order valence-corrected chi connectivity index (χ3v) is 3.42. The van der Waals surface area contributed by atoms with E-state index >= 15 is 0 Å². The van der Waals surface area contributed by atoms with Gasteiger partial charge in [-0.25, -0.2) is 13.6 Å². The molecule has 0 aliphatic carbocycles. The average Bonchev–Trinajstić information content (AvgIpc) is 2.75. The topological polar surface area (TPSA) is 46.0 Å². The van der Waals surface area contributed by atoms with Crippen LogP contribution in [0.5, 0.6) is 0 Å². The third kappa shape index (κ3) is 2.32. The molecule has 1 atom stereocenters. The molecule has 1 aromatic heterocycles. The molecular formula is C14H8ClF2NO2. The van der Waals surface area contributed by atoms with Gasteiger partial charge in [0.05, 0.1) is 10.9 Å². The molecule has 0 radical (unpaired) electrons. The van der Waals surface area contributed by atoms with Crippen LogP contribution in [0.25, 0.3) is 11.1 Å². The Bertz CT molecular complexity index is 820. The Labute approximate surface area is 116 Å². The quantitative estimate of drug-likeness (QED) is 0.732. The van der Waals surface area contributed by atoms with Gasteiger partial charge in [0.25, 0.3) is 0 Å². The fourth-order valence-corrected chi connectivity index (χ4v) is 2.30. The van der Waals surface area contributed by atoms with Gasteiger partial charge in [-0.3, -0.25) is 4.98 Å². The lowest BCUT2D eigenvalue weighted by Gasteiger charge is -2.10. The van der Waals surface area contributed by atoms with E-state index in [9.17, 15) is 13.6 Å². The van der Waals surface area contributed by atoms with Crippen LogP contribution in [-0.4, -0.2) is 4.98 Å². The first-order chi connectivity index (χ1) is 9.52. The van der Waals surface area contributed by atoms with Crippen molar-refractivity contribution in [3.63, 3.8) is 0 Å². The Morgan fingerprint density at radius 3 is 2.45 bits per heavy atom. The average molecular weight is 296 g/mol. The predicted molar refractivity (Wildman–Crippen MR) is 70.9 cm³/mol. The molecule has 3 nitrogen and oxygen atoms in total. The summed E-state index contributed by atoms with van der Waals surface area (Å²) >= 11 is 6.22. The van der Waals surface area contributed by atoms with Gasteiger partial charge >= 0.3 is 5.76 Å². The molecule has 3 rings (SSSR count). The fraction of sp³-hybridized carbons (Fsp3) is 0.0714. The van der Waals surface area contributed by atoms with Crippen LogP contribution in [0.15, 0.2) is 45.6 Å². The van der Waals surface area contributed by atoms with Crippen molar-refractivity contribution in [3.8, 4) is 0 Å². The number of aromatic nitrogens is 1. The minimum absolute atomic E-state index is 0.293. The standard InChI is InChI=1S/C14H8ClF2NO2/c15-13(8-3-9(16)6-10(17)4-8)7-1-2-11-12(5-7)20-14(19)18-11/h1-6,13H,(H,18,19). The van der Waals surface area contributed by atoms with Gasteiger partial charge in [-0.15, -0.1) is 11.6 Å². The first-order valence-electron chi connectivity index (χ1n) is 5.76. The van der Waals surface area contributed by atoms with E-state index in [0.717, 1.165) is 18.2 Å². The van der Waals surface area contributed by atoms with Crippen molar-refractivity contribution in [1.29, 1.82) is 0 Å². The number of oxazole rings is 1. The highest BCUT2D eigenvalue weighted by atomic mass is 35.5. The zero-order valence-corrected chi connectivity index (χ0v) is 10.7. The lowest BCUT2D eigenvalue weighted by molar-refractivity contribution is 0.555. The van der Waals surface area contributed by atoms with E-state index in [0.29, 0.717) is 22.2 Å². The van der Waals surface area contributed by atoms with E-state index in [2.05, 4.69) is 4.98 Å². The first-order valence-corrected chi connectivity index (χ1v) is 6.19. The molecule has 6 heteroatoms. The molecule has 20 heavy (non-hydrogen) atoms. The van der Waals surface area contributed by atoms with Crippen molar-refractivity contribution in [1.82, 2.24) is 4.98 Å². The van der Waals surface area contributed by atoms with Crippen molar-refractivity contribution in [2.24, 2.45) is 0 Å². The van der Waals surface area contributed by atoms with Crippen molar-refractivity contribution in [3.05, 3.63) is 69.7 Å². The van der Waals surface area contributed by atoms with Crippen LogP contribution >= 0.6 is 11.6 Å². The number of nitrogens with one attached hydrogen (secondary N) is 1. The van der Waals surface area contributed by atoms with Crippen LogP contribution < -0.4 is 5.76 Å². The molecule has 0 saturated carbocycles. The Morgan fingerprint density at radius 2 is 1.75 bits per heavy atom. The van der Waals surface area contributed by atoms with Crippen LogP contribution in [0.2, 0.25) is 0 Å². The second-order valence-corrected chi connectivity index (χ2v) is 4.77. The van der Waals surface area contributed by atoms with Gasteiger partial charge in [0.15, 0.2) is 5.58 Å². The molecule has 0 amide bonds. The monoisotopic (exact) mass is 295 g/mol. The number of rotatable bonds is 2. The lowest BCUT2D eigenvalue weighted by Crippen LogP contribution is -1.95. The number of hydrogen-bond acceptors (Lipinski definition) is 2. The lowest BCUT2D eigenvalue weighted by atomic mass is 10.0. The molecule has 1 N–H and O–H groups in total. The Hall–Kier alpha value is -2.14. The zero-order chi connectivity index (χ0) is 14.3. The summed E-state index contributed by atoms with van der Waals surface area (Å²) in [7, 11) is 0. The van der Waals surface area contributed by atoms with Crippen molar-refractivity contribution >= 4 is 22.7 Å². The second kappa shape index (κ2) is 4.76. The number of alkyl halides is 1. The SMILES string of the molecule is O=c1[nH]c2ccc(C(Cl)c3cc(F)cc(F)c3)cc2o1. The fourth-order valence-electron chi connectivity index (χ4n) is 2.03. The maximum atomic E-state index is 13.2. The molecule has 1 heterocycles. The van der Waals surface area contributed by atoms with Gasteiger partial charge in [-0.2, -0.15) is 0 Å². The molecule has 3 aromatic rings. The molecule has 0 bridgehead atoms. The second-order valence-electron chi connectivity index (χ2n) is 4.34. The van der Waals surface area contributed by atoms with Crippen LogP contribution in [0.1, 0.15) is 16.5 Å². The Kier molecular flexibility index (Phi) is 3.06. The highest BCUT2D eigenvalue weighted by Crippen LogP contribution is 2.31. The Balaban J connectivity index is 2.06. The van der Waals surface area contributed by atoms with Gasteiger partial charge in [-0.05, 0) is 35.4 Å². The number of hydrogen-bond donors (Lipinski definition) is 1. The van der Waals surface area contributed by atoms with Crippen molar-refractivity contribution in [2.45, 2.75) is 5.38 Å². The van der Waals surface area contributed by atoms with E-state index in [1.165, 1.54) is 0 Å². The molecule has 2 aromatic carbocycles. The maximum absolute atomic E-state index is 13.2. The molecule has 0 fully saturated rings. The van der Waals surface area contributed by atoms with Crippen LogP contribution in [0.4, 0.5) is 8.78 Å². The van der Waals surface area contributed by atoms with E-state index < -0.39 is 22.8 Å². The maximum Gasteiger partial charge on any atom is 0.417 e. The Morgan fingerprint density at radius 1 is 1.05 bits per heavy atom. The minimum atomic E-state index is -0.746. The molecule has 0 aliphatic heterocycles. The zero-order valence-electron chi connectivity index (χ0n) is 9.99. The molecule has 1 unspecified atom stereocenters. The van der Waals surface area contributed by atoms with Gasteiger partial charge in [-0.1, -0.05) is 6.07 Å². The molecule has 0 spiro atoms. The summed E-state index contributed by atoms with van der Waals surface area (Å²) < 4.78 is 31.3. The molecule has 0 aliphatic rings. The predicted octanol–water partition coefficient (Wildman–Crippen LogP) is 3.73. The summed E-state index contributed by atoms with van der Waals surface area (Å²) in [6.45, 7) is 0. The number of fused-ring (bicyclic) bond motifs is 1. The summed E-state index contributed by atoms with van der Waals surface area (Å²) in [5, 5.41) is -0.746. The normalized spacial score (nSPS) is 12.8. The number of H-pyrrole nitrogens is 1.